The topological polar surface area (TPSA) is 39.2 Å². The molecule has 1 heterocycles. The van der Waals surface area contributed by atoms with Gasteiger partial charge in [-0.3, -0.25) is 4.79 Å². The van der Waals surface area contributed by atoms with Crippen LogP contribution in [0.2, 0.25) is 10.2 Å². The first kappa shape index (κ1) is 10.3. The number of carbonyl (C=O) groups excluding carboxylic acids is 1. The average Bonchev–Trinajstić information content (AvgIpc) is 2.02. The summed E-state index contributed by atoms with van der Waals surface area (Å²) in [6.07, 6.45) is 0.0801. The molecular weight excluding hydrogens is 213 g/mol. The molecule has 1 aromatic heterocycles. The van der Waals surface area contributed by atoms with Gasteiger partial charge in [0.05, 0.1) is 19.2 Å². The monoisotopic (exact) mass is 219 g/mol. The fraction of sp³-hybridized carbons (Fsp3) is 0.250. The second-order valence-electron chi connectivity index (χ2n) is 2.35. The second-order valence-corrected chi connectivity index (χ2v) is 3.18. The average molecular weight is 220 g/mol. The van der Waals surface area contributed by atoms with Gasteiger partial charge in [0.2, 0.25) is 0 Å². The summed E-state index contributed by atoms with van der Waals surface area (Å²) >= 11 is 11.3. The Labute approximate surface area is 85.6 Å². The lowest BCUT2D eigenvalue weighted by molar-refractivity contribution is -0.139. The summed E-state index contributed by atoms with van der Waals surface area (Å²) in [7, 11) is 1.31. The molecule has 0 aliphatic rings. The maximum atomic E-state index is 10.9. The Bertz CT molecular complexity index is 308. The van der Waals surface area contributed by atoms with Crippen molar-refractivity contribution in [2.45, 2.75) is 6.42 Å². The van der Waals surface area contributed by atoms with Crippen molar-refractivity contribution < 1.29 is 9.53 Å². The number of esters is 1. The molecule has 0 N–H and O–H groups in total. The molecular formula is C8H7Cl2NO2. The SMILES string of the molecule is COC(=O)Cc1cc(Cl)cc(Cl)n1. The van der Waals surface area contributed by atoms with Crippen molar-refractivity contribution in [3.8, 4) is 0 Å². The van der Waals surface area contributed by atoms with E-state index in [2.05, 4.69) is 9.72 Å². The normalized spacial score (nSPS) is 9.77. The van der Waals surface area contributed by atoms with Crippen LogP contribution in [0.5, 0.6) is 0 Å². The maximum absolute atomic E-state index is 10.9. The first-order chi connectivity index (χ1) is 6.11. The van der Waals surface area contributed by atoms with Crippen LogP contribution in [0.3, 0.4) is 0 Å². The van der Waals surface area contributed by atoms with E-state index in [4.69, 9.17) is 23.2 Å². The third-order valence-corrected chi connectivity index (χ3v) is 1.78. The molecule has 70 valence electrons. The van der Waals surface area contributed by atoms with Crippen LogP contribution in [0, 0.1) is 0 Å². The van der Waals surface area contributed by atoms with Gasteiger partial charge in [-0.15, -0.1) is 0 Å². The van der Waals surface area contributed by atoms with E-state index in [-0.39, 0.29) is 17.5 Å². The van der Waals surface area contributed by atoms with Crippen molar-refractivity contribution in [2.24, 2.45) is 0 Å². The highest BCUT2D eigenvalue weighted by Gasteiger charge is 2.05. The van der Waals surface area contributed by atoms with E-state index in [0.29, 0.717) is 10.7 Å². The predicted molar refractivity (Wildman–Crippen MR) is 50.0 cm³/mol. The number of carbonyl (C=O) groups is 1. The number of hydrogen-bond donors (Lipinski definition) is 0. The molecule has 13 heavy (non-hydrogen) atoms. The van der Waals surface area contributed by atoms with Gasteiger partial charge in [-0.2, -0.15) is 0 Å². The number of halogens is 2. The molecule has 0 atom stereocenters. The van der Waals surface area contributed by atoms with Crippen molar-refractivity contribution in [1.82, 2.24) is 4.98 Å². The maximum Gasteiger partial charge on any atom is 0.311 e. The molecule has 0 aliphatic heterocycles. The lowest BCUT2D eigenvalue weighted by Crippen LogP contribution is -2.05. The van der Waals surface area contributed by atoms with Crippen molar-refractivity contribution in [3.05, 3.63) is 28.0 Å². The second kappa shape index (κ2) is 4.44. The van der Waals surface area contributed by atoms with Crippen LogP contribution in [0.4, 0.5) is 0 Å². The third-order valence-electron chi connectivity index (χ3n) is 1.37. The van der Waals surface area contributed by atoms with Gasteiger partial charge in [-0.25, -0.2) is 4.98 Å². The van der Waals surface area contributed by atoms with Crippen LogP contribution in [-0.2, 0) is 16.0 Å². The van der Waals surface area contributed by atoms with Crippen LogP contribution in [0.15, 0.2) is 12.1 Å². The third kappa shape index (κ3) is 3.20. The molecule has 0 unspecified atom stereocenters. The minimum Gasteiger partial charge on any atom is -0.469 e. The lowest BCUT2D eigenvalue weighted by atomic mass is 10.3. The molecule has 3 nitrogen and oxygen atoms in total. The fourth-order valence-corrected chi connectivity index (χ4v) is 1.34. The summed E-state index contributed by atoms with van der Waals surface area (Å²) in [5.41, 5.74) is 0.504. The smallest absolute Gasteiger partial charge is 0.311 e. The van der Waals surface area contributed by atoms with Gasteiger partial charge < -0.3 is 4.74 Å². The molecule has 0 aromatic carbocycles. The summed E-state index contributed by atoms with van der Waals surface area (Å²) in [5.74, 6) is -0.370. The van der Waals surface area contributed by atoms with Crippen molar-refractivity contribution in [1.29, 1.82) is 0 Å². The highest BCUT2D eigenvalue weighted by Crippen LogP contribution is 2.15. The van der Waals surface area contributed by atoms with E-state index in [1.165, 1.54) is 13.2 Å². The molecule has 0 fully saturated rings. The molecule has 5 heteroatoms. The van der Waals surface area contributed by atoms with Gasteiger partial charge in [0.25, 0.3) is 0 Å². The highest BCUT2D eigenvalue weighted by atomic mass is 35.5. The quantitative estimate of drug-likeness (QED) is 0.565. The number of pyridine rings is 1. The van der Waals surface area contributed by atoms with Crippen molar-refractivity contribution >= 4 is 29.2 Å². The zero-order chi connectivity index (χ0) is 9.84. The van der Waals surface area contributed by atoms with E-state index in [1.54, 1.807) is 6.07 Å². The first-order valence-corrected chi connectivity index (χ1v) is 4.26. The highest BCUT2D eigenvalue weighted by molar-refractivity contribution is 6.33. The van der Waals surface area contributed by atoms with Gasteiger partial charge in [0.15, 0.2) is 0 Å². The van der Waals surface area contributed by atoms with E-state index in [0.717, 1.165) is 0 Å². The van der Waals surface area contributed by atoms with Crippen LogP contribution in [-0.4, -0.2) is 18.1 Å². The zero-order valence-corrected chi connectivity index (χ0v) is 8.39. The molecule has 0 saturated carbocycles. The Morgan fingerprint density at radius 2 is 2.23 bits per heavy atom. The Hall–Kier alpha value is -0.800. The van der Waals surface area contributed by atoms with Crippen LogP contribution < -0.4 is 0 Å². The van der Waals surface area contributed by atoms with Gasteiger partial charge >= 0.3 is 5.97 Å². The zero-order valence-electron chi connectivity index (χ0n) is 6.88. The van der Waals surface area contributed by atoms with Gasteiger partial charge in [0, 0.05) is 5.02 Å². The van der Waals surface area contributed by atoms with Crippen LogP contribution in [0.25, 0.3) is 0 Å². The van der Waals surface area contributed by atoms with Crippen LogP contribution >= 0.6 is 23.2 Å². The summed E-state index contributed by atoms with van der Waals surface area (Å²) in [4.78, 5) is 14.8. The fourth-order valence-electron chi connectivity index (χ4n) is 0.827. The van der Waals surface area contributed by atoms with E-state index in [1.807, 2.05) is 0 Å². The lowest BCUT2D eigenvalue weighted by Gasteiger charge is -2.00. The Balaban J connectivity index is 2.83. The van der Waals surface area contributed by atoms with E-state index >= 15 is 0 Å². The summed E-state index contributed by atoms with van der Waals surface area (Å²) in [6.45, 7) is 0. The number of ether oxygens (including phenoxy) is 1. The minimum absolute atomic E-state index is 0.0801. The molecule has 1 rings (SSSR count). The van der Waals surface area contributed by atoms with Gasteiger partial charge in [-0.1, -0.05) is 23.2 Å². The molecule has 0 saturated heterocycles. The first-order valence-electron chi connectivity index (χ1n) is 3.50. The number of rotatable bonds is 2. The number of hydrogen-bond acceptors (Lipinski definition) is 3. The summed E-state index contributed by atoms with van der Waals surface area (Å²) < 4.78 is 4.47. The van der Waals surface area contributed by atoms with Gasteiger partial charge in [-0.05, 0) is 12.1 Å². The summed E-state index contributed by atoms with van der Waals surface area (Å²) in [6, 6.07) is 3.08. The molecule has 0 spiro atoms. The number of methoxy groups -OCH3 is 1. The minimum atomic E-state index is -0.370. The standard InChI is InChI=1S/C8H7Cl2NO2/c1-13-8(12)4-6-2-5(9)3-7(10)11-6/h2-3H,4H2,1H3. The molecule has 1 aromatic rings. The van der Waals surface area contributed by atoms with Gasteiger partial charge in [0.1, 0.15) is 5.15 Å². The Morgan fingerprint density at radius 3 is 2.77 bits per heavy atom. The van der Waals surface area contributed by atoms with Crippen molar-refractivity contribution in [2.75, 3.05) is 7.11 Å². The molecule has 0 radical (unpaired) electrons. The molecule has 0 aliphatic carbocycles. The molecule has 0 bridgehead atoms. The van der Waals surface area contributed by atoms with E-state index < -0.39 is 0 Å². The number of nitrogens with zero attached hydrogens (tertiary/aromatic N) is 1. The summed E-state index contributed by atoms with van der Waals surface area (Å²) in [5, 5.41) is 0.727. The number of aromatic nitrogens is 1. The Morgan fingerprint density at radius 1 is 1.54 bits per heavy atom. The van der Waals surface area contributed by atoms with Crippen molar-refractivity contribution in [3.63, 3.8) is 0 Å². The van der Waals surface area contributed by atoms with E-state index in [9.17, 15) is 4.79 Å². The molecule has 0 amide bonds. The van der Waals surface area contributed by atoms with Crippen LogP contribution in [0.1, 0.15) is 5.69 Å². The predicted octanol–water partition coefficient (Wildman–Crippen LogP) is 2.10. The largest absolute Gasteiger partial charge is 0.469 e. The Kier molecular flexibility index (Phi) is 3.51.